The van der Waals surface area contributed by atoms with Crippen molar-refractivity contribution < 1.29 is 19.0 Å². The van der Waals surface area contributed by atoms with E-state index in [1.165, 1.54) is 19.2 Å². The molecule has 0 heterocycles. The van der Waals surface area contributed by atoms with Gasteiger partial charge in [-0.15, -0.1) is 0 Å². The second kappa shape index (κ2) is 6.57. The maximum absolute atomic E-state index is 13.5. The van der Waals surface area contributed by atoms with E-state index in [1.807, 2.05) is 0 Å². The topological polar surface area (TPSA) is 82.3 Å². The van der Waals surface area contributed by atoms with Crippen molar-refractivity contribution >= 4 is 11.7 Å². The smallest absolute Gasteiger partial charge is 0.326 e. The Kier molecular flexibility index (Phi) is 5.08. The van der Waals surface area contributed by atoms with Crippen LogP contribution < -0.4 is 5.32 Å². The zero-order chi connectivity index (χ0) is 13.5. The minimum atomic E-state index is -1.09. The monoisotopic (exact) mass is 252 g/mol. The van der Waals surface area contributed by atoms with Gasteiger partial charge in [0.25, 0.3) is 0 Å². The number of nitriles is 1. The standard InChI is InChI=1S/C12H13FN2O3/c1-18-5-4-11(12(16)17)15-10-3-2-8(7-14)6-9(10)13/h2-3,6,11,15H,4-5H2,1H3,(H,16,17). The number of halogens is 1. The second-order valence-corrected chi connectivity index (χ2v) is 3.62. The molecule has 1 atom stereocenters. The van der Waals surface area contributed by atoms with Gasteiger partial charge < -0.3 is 15.2 Å². The third-order valence-corrected chi connectivity index (χ3v) is 2.34. The number of rotatable bonds is 6. The molecule has 0 spiro atoms. The van der Waals surface area contributed by atoms with Gasteiger partial charge in [0.2, 0.25) is 0 Å². The van der Waals surface area contributed by atoms with Crippen LogP contribution in [0.25, 0.3) is 0 Å². The van der Waals surface area contributed by atoms with E-state index < -0.39 is 17.8 Å². The average Bonchev–Trinajstić information content (AvgIpc) is 2.35. The highest BCUT2D eigenvalue weighted by molar-refractivity contribution is 5.77. The van der Waals surface area contributed by atoms with Crippen LogP contribution in [0.4, 0.5) is 10.1 Å². The van der Waals surface area contributed by atoms with E-state index in [1.54, 1.807) is 6.07 Å². The van der Waals surface area contributed by atoms with Crippen molar-refractivity contribution in [1.29, 1.82) is 5.26 Å². The Morgan fingerprint density at radius 3 is 2.89 bits per heavy atom. The molecule has 0 aliphatic carbocycles. The summed E-state index contributed by atoms with van der Waals surface area (Å²) in [6.45, 7) is 0.252. The average molecular weight is 252 g/mol. The highest BCUT2D eigenvalue weighted by Crippen LogP contribution is 2.17. The molecule has 0 amide bonds. The fourth-order valence-electron chi connectivity index (χ4n) is 1.38. The summed E-state index contributed by atoms with van der Waals surface area (Å²) in [5, 5.41) is 20.1. The predicted molar refractivity (Wildman–Crippen MR) is 62.7 cm³/mol. The van der Waals surface area contributed by atoms with Gasteiger partial charge in [-0.2, -0.15) is 5.26 Å². The number of carboxylic acids is 1. The fourth-order valence-corrected chi connectivity index (χ4v) is 1.38. The van der Waals surface area contributed by atoms with E-state index >= 15 is 0 Å². The maximum Gasteiger partial charge on any atom is 0.326 e. The summed E-state index contributed by atoms with van der Waals surface area (Å²) in [5.74, 6) is -1.74. The summed E-state index contributed by atoms with van der Waals surface area (Å²) in [5.41, 5.74) is 0.235. The van der Waals surface area contributed by atoms with E-state index in [4.69, 9.17) is 15.1 Å². The molecule has 96 valence electrons. The number of hydrogen-bond donors (Lipinski definition) is 2. The molecule has 0 aliphatic rings. The van der Waals surface area contributed by atoms with Crippen molar-refractivity contribution in [3.05, 3.63) is 29.6 Å². The largest absolute Gasteiger partial charge is 0.480 e. The third-order valence-electron chi connectivity index (χ3n) is 2.34. The highest BCUT2D eigenvalue weighted by atomic mass is 19.1. The lowest BCUT2D eigenvalue weighted by Crippen LogP contribution is -2.30. The van der Waals surface area contributed by atoms with Gasteiger partial charge in [0.05, 0.1) is 17.3 Å². The number of anilines is 1. The first kappa shape index (κ1) is 13.9. The molecular weight excluding hydrogens is 239 g/mol. The van der Waals surface area contributed by atoms with Crippen molar-refractivity contribution in [1.82, 2.24) is 0 Å². The summed E-state index contributed by atoms with van der Waals surface area (Å²) in [6.07, 6.45) is 0.214. The van der Waals surface area contributed by atoms with Crippen molar-refractivity contribution in [3.8, 4) is 6.07 Å². The van der Waals surface area contributed by atoms with E-state index in [-0.39, 0.29) is 24.3 Å². The highest BCUT2D eigenvalue weighted by Gasteiger charge is 2.18. The van der Waals surface area contributed by atoms with Crippen molar-refractivity contribution in [2.45, 2.75) is 12.5 Å². The van der Waals surface area contributed by atoms with Crippen LogP contribution in [-0.4, -0.2) is 30.8 Å². The van der Waals surface area contributed by atoms with E-state index in [2.05, 4.69) is 5.32 Å². The normalized spacial score (nSPS) is 11.6. The van der Waals surface area contributed by atoms with Crippen molar-refractivity contribution in [2.24, 2.45) is 0 Å². The van der Waals surface area contributed by atoms with Crippen LogP contribution in [0.1, 0.15) is 12.0 Å². The number of nitrogens with zero attached hydrogens (tertiary/aromatic N) is 1. The Hall–Kier alpha value is -2.13. The Labute approximate surface area is 104 Å². The molecule has 1 aromatic carbocycles. The Morgan fingerprint density at radius 1 is 1.67 bits per heavy atom. The Balaban J connectivity index is 2.81. The number of aliphatic carboxylic acids is 1. The Morgan fingerprint density at radius 2 is 2.39 bits per heavy atom. The summed E-state index contributed by atoms with van der Waals surface area (Å²) >= 11 is 0. The van der Waals surface area contributed by atoms with Gasteiger partial charge in [-0.25, -0.2) is 9.18 Å². The number of ether oxygens (including phenoxy) is 1. The zero-order valence-corrected chi connectivity index (χ0v) is 9.81. The minimum absolute atomic E-state index is 0.0532. The maximum atomic E-state index is 13.5. The predicted octanol–water partition coefficient (Wildman–Crippen LogP) is 1.60. The number of benzene rings is 1. The van der Waals surface area contributed by atoms with E-state index in [0.29, 0.717) is 0 Å². The number of carbonyl (C=O) groups is 1. The van der Waals surface area contributed by atoms with Gasteiger partial charge in [-0.3, -0.25) is 0 Å². The summed E-state index contributed by atoms with van der Waals surface area (Å²) in [4.78, 5) is 11.0. The van der Waals surface area contributed by atoms with Gasteiger partial charge in [-0.1, -0.05) is 0 Å². The van der Waals surface area contributed by atoms with Crippen LogP contribution in [0.5, 0.6) is 0 Å². The Bertz CT molecular complexity index is 471. The molecule has 5 nitrogen and oxygen atoms in total. The molecule has 0 bridgehead atoms. The molecule has 2 N–H and O–H groups in total. The molecule has 1 unspecified atom stereocenters. The second-order valence-electron chi connectivity index (χ2n) is 3.62. The van der Waals surface area contributed by atoms with Crippen LogP contribution in [0, 0.1) is 17.1 Å². The number of hydrogen-bond acceptors (Lipinski definition) is 4. The van der Waals surface area contributed by atoms with Crippen LogP contribution in [0.3, 0.4) is 0 Å². The van der Waals surface area contributed by atoms with Crippen molar-refractivity contribution in [2.75, 3.05) is 19.0 Å². The van der Waals surface area contributed by atoms with E-state index in [9.17, 15) is 9.18 Å². The lowest BCUT2D eigenvalue weighted by molar-refractivity contribution is -0.138. The fraction of sp³-hybridized carbons (Fsp3) is 0.333. The molecule has 0 saturated heterocycles. The molecule has 18 heavy (non-hydrogen) atoms. The van der Waals surface area contributed by atoms with Crippen LogP contribution >= 0.6 is 0 Å². The molecule has 1 aromatic rings. The lowest BCUT2D eigenvalue weighted by Gasteiger charge is -2.15. The van der Waals surface area contributed by atoms with Gasteiger partial charge in [0.1, 0.15) is 11.9 Å². The summed E-state index contributed by atoms with van der Waals surface area (Å²) in [7, 11) is 1.46. The first-order valence-corrected chi connectivity index (χ1v) is 5.26. The molecule has 6 heteroatoms. The quantitative estimate of drug-likeness (QED) is 0.803. The molecule has 0 aromatic heterocycles. The SMILES string of the molecule is COCCC(Nc1ccc(C#N)cc1F)C(=O)O. The first-order valence-electron chi connectivity index (χ1n) is 5.26. The van der Waals surface area contributed by atoms with Crippen LogP contribution in [-0.2, 0) is 9.53 Å². The van der Waals surface area contributed by atoms with Gasteiger partial charge >= 0.3 is 5.97 Å². The van der Waals surface area contributed by atoms with Crippen LogP contribution in [0.2, 0.25) is 0 Å². The lowest BCUT2D eigenvalue weighted by atomic mass is 10.1. The van der Waals surface area contributed by atoms with Crippen LogP contribution in [0.15, 0.2) is 18.2 Å². The summed E-state index contributed by atoms with van der Waals surface area (Å²) < 4.78 is 18.3. The molecule has 0 fully saturated rings. The van der Waals surface area contributed by atoms with E-state index in [0.717, 1.165) is 6.07 Å². The third kappa shape index (κ3) is 3.71. The molecule has 0 aliphatic heterocycles. The minimum Gasteiger partial charge on any atom is -0.480 e. The summed E-state index contributed by atoms with van der Waals surface area (Å²) in [6, 6.07) is 4.68. The molecule has 1 rings (SSSR count). The molecule has 0 radical (unpaired) electrons. The molecular formula is C12H13FN2O3. The zero-order valence-electron chi connectivity index (χ0n) is 9.81. The van der Waals surface area contributed by atoms with Crippen molar-refractivity contribution in [3.63, 3.8) is 0 Å². The molecule has 0 saturated carbocycles. The number of carboxylic acid groups (broad SMARTS) is 1. The van der Waals surface area contributed by atoms with Gasteiger partial charge in [0, 0.05) is 20.1 Å². The number of methoxy groups -OCH3 is 1. The van der Waals surface area contributed by atoms with Gasteiger partial charge in [0.15, 0.2) is 0 Å². The first-order chi connectivity index (χ1) is 8.58. The number of nitrogens with one attached hydrogen (secondary N) is 1. The van der Waals surface area contributed by atoms with Gasteiger partial charge in [-0.05, 0) is 18.2 Å².